The van der Waals surface area contributed by atoms with E-state index in [9.17, 15) is 13.2 Å². The van der Waals surface area contributed by atoms with E-state index < -0.39 is 10.0 Å². The molecule has 0 aliphatic carbocycles. The van der Waals surface area contributed by atoms with Gasteiger partial charge in [-0.05, 0) is 56.3 Å². The molecule has 3 heterocycles. The number of nitrogens with zero attached hydrogens (tertiary/aromatic N) is 5. The number of likely N-dealkylation sites (N-methyl/N-ethyl adjacent to an activating group) is 1. The Hall–Kier alpha value is -3.08. The van der Waals surface area contributed by atoms with Crippen LogP contribution in [0, 0.1) is 0 Å². The fraction of sp³-hybridized carbons (Fsp3) is 0.400. The zero-order valence-corrected chi connectivity index (χ0v) is 20.5. The number of rotatable bonds is 5. The normalized spacial score (nSPS) is 20.1. The highest BCUT2D eigenvalue weighted by molar-refractivity contribution is 7.89. The average molecular weight is 496 g/mol. The molecule has 35 heavy (non-hydrogen) atoms. The molecule has 0 spiro atoms. The number of sulfonamides is 1. The van der Waals surface area contributed by atoms with Gasteiger partial charge in [-0.25, -0.2) is 8.42 Å². The third-order valence-electron chi connectivity index (χ3n) is 6.73. The topological polar surface area (TPSA) is 99.9 Å². The summed E-state index contributed by atoms with van der Waals surface area (Å²) < 4.78 is 33.0. The summed E-state index contributed by atoms with van der Waals surface area (Å²) in [5, 5.41) is 4.12. The molecule has 1 atom stereocenters. The first-order valence-corrected chi connectivity index (χ1v) is 13.3. The second-order valence-corrected chi connectivity index (χ2v) is 11.1. The lowest BCUT2D eigenvalue weighted by Gasteiger charge is -2.31. The summed E-state index contributed by atoms with van der Waals surface area (Å²) in [5.41, 5.74) is 1.36. The summed E-state index contributed by atoms with van der Waals surface area (Å²) in [6, 6.07) is 15.9. The van der Waals surface area contributed by atoms with Crippen LogP contribution in [0.4, 0.5) is 0 Å². The molecule has 0 bridgehead atoms. The van der Waals surface area contributed by atoms with Crippen molar-refractivity contribution < 1.29 is 17.7 Å². The highest BCUT2D eigenvalue weighted by atomic mass is 32.2. The molecule has 2 fully saturated rings. The van der Waals surface area contributed by atoms with Gasteiger partial charge in [0.05, 0.1) is 10.8 Å². The minimum atomic E-state index is -3.53. The second-order valence-electron chi connectivity index (χ2n) is 9.14. The molecule has 0 radical (unpaired) electrons. The third-order valence-corrected chi connectivity index (χ3v) is 8.65. The predicted octanol–water partition coefficient (Wildman–Crippen LogP) is 2.69. The molecule has 2 saturated heterocycles. The van der Waals surface area contributed by atoms with Crippen LogP contribution in [0.25, 0.3) is 11.4 Å². The molecule has 184 valence electrons. The zero-order chi connectivity index (χ0) is 24.4. The number of piperazine rings is 1. The van der Waals surface area contributed by atoms with Gasteiger partial charge in [0.2, 0.25) is 21.7 Å². The summed E-state index contributed by atoms with van der Waals surface area (Å²) in [6.07, 6.45) is 1.72. The molecule has 1 amide bonds. The Balaban J connectivity index is 1.27. The number of hydrogen-bond donors (Lipinski definition) is 0. The lowest BCUT2D eigenvalue weighted by atomic mass is 9.97. The largest absolute Gasteiger partial charge is 0.339 e. The number of piperidine rings is 1. The van der Waals surface area contributed by atoms with Crippen molar-refractivity contribution in [2.24, 2.45) is 0 Å². The van der Waals surface area contributed by atoms with Crippen LogP contribution in [0.3, 0.4) is 0 Å². The Morgan fingerprint density at radius 1 is 0.971 bits per heavy atom. The zero-order valence-electron chi connectivity index (χ0n) is 19.7. The maximum Gasteiger partial charge on any atom is 0.253 e. The van der Waals surface area contributed by atoms with Crippen molar-refractivity contribution in [3.63, 3.8) is 0 Å². The van der Waals surface area contributed by atoms with Crippen LogP contribution < -0.4 is 0 Å². The van der Waals surface area contributed by atoms with Crippen molar-refractivity contribution in [1.82, 2.24) is 24.2 Å². The Morgan fingerprint density at radius 3 is 2.40 bits per heavy atom. The molecule has 0 unspecified atom stereocenters. The van der Waals surface area contributed by atoms with Gasteiger partial charge >= 0.3 is 0 Å². The van der Waals surface area contributed by atoms with Gasteiger partial charge in [-0.1, -0.05) is 23.4 Å². The van der Waals surface area contributed by atoms with Crippen molar-refractivity contribution in [3.05, 3.63) is 66.1 Å². The number of likely N-dealkylation sites (tertiary alicyclic amines) is 1. The number of hydrogen-bond acceptors (Lipinski definition) is 7. The molecule has 0 N–H and O–H groups in total. The number of carbonyl (C=O) groups excluding carboxylic acids is 1. The monoisotopic (exact) mass is 495 g/mol. The molecule has 10 heteroatoms. The highest BCUT2D eigenvalue weighted by Gasteiger charge is 2.30. The van der Waals surface area contributed by atoms with Gasteiger partial charge in [0.15, 0.2) is 0 Å². The number of benzene rings is 2. The summed E-state index contributed by atoms with van der Waals surface area (Å²) in [6.45, 7) is 3.64. The highest BCUT2D eigenvalue weighted by Crippen LogP contribution is 2.29. The second kappa shape index (κ2) is 9.88. The van der Waals surface area contributed by atoms with Crippen LogP contribution in [0.1, 0.15) is 35.0 Å². The van der Waals surface area contributed by atoms with E-state index in [4.69, 9.17) is 4.52 Å². The van der Waals surface area contributed by atoms with Gasteiger partial charge < -0.3 is 14.3 Å². The molecule has 9 nitrogen and oxygen atoms in total. The van der Waals surface area contributed by atoms with Gasteiger partial charge in [0.1, 0.15) is 0 Å². The minimum absolute atomic E-state index is 0.00665. The van der Waals surface area contributed by atoms with E-state index in [-0.39, 0.29) is 16.7 Å². The Morgan fingerprint density at radius 2 is 1.69 bits per heavy atom. The summed E-state index contributed by atoms with van der Waals surface area (Å²) >= 11 is 0. The van der Waals surface area contributed by atoms with Gasteiger partial charge in [-0.3, -0.25) is 4.79 Å². The van der Waals surface area contributed by atoms with E-state index in [0.717, 1.165) is 25.9 Å². The smallest absolute Gasteiger partial charge is 0.253 e. The molecule has 2 aromatic carbocycles. The van der Waals surface area contributed by atoms with E-state index in [2.05, 4.69) is 15.0 Å². The molecule has 1 aromatic heterocycles. The predicted molar refractivity (Wildman–Crippen MR) is 130 cm³/mol. The molecule has 3 aromatic rings. The standard InChI is InChI=1S/C25H29N5O4S/c1-28-14-16-30(17-15-28)35(32,33)22-11-9-19(10-12-22)23-26-24(34-27-23)21-8-5-13-29(18-21)25(31)20-6-3-2-4-7-20/h2-4,6-7,9-12,21H,5,8,13-18H2,1H3/t21-/m0/s1. The molecular weight excluding hydrogens is 466 g/mol. The Labute approximate surface area is 205 Å². The summed E-state index contributed by atoms with van der Waals surface area (Å²) in [5.74, 6) is 0.886. The minimum Gasteiger partial charge on any atom is -0.339 e. The van der Waals surface area contributed by atoms with Gasteiger partial charge in [0.25, 0.3) is 5.91 Å². The first kappa shape index (κ1) is 23.7. The fourth-order valence-electron chi connectivity index (χ4n) is 4.60. The van der Waals surface area contributed by atoms with Crippen molar-refractivity contribution in [1.29, 1.82) is 0 Å². The summed E-state index contributed by atoms with van der Waals surface area (Å²) in [4.78, 5) is 21.6. The van der Waals surface area contributed by atoms with Crippen LogP contribution in [0.2, 0.25) is 0 Å². The van der Waals surface area contributed by atoms with Gasteiger partial charge in [-0.15, -0.1) is 0 Å². The lowest BCUT2D eigenvalue weighted by Crippen LogP contribution is -2.46. The van der Waals surface area contributed by atoms with Crippen LogP contribution in [0.5, 0.6) is 0 Å². The van der Waals surface area contributed by atoms with E-state index in [0.29, 0.717) is 49.0 Å². The Bertz CT molecular complexity index is 1270. The molecule has 2 aliphatic rings. The van der Waals surface area contributed by atoms with Gasteiger partial charge in [0, 0.05) is 50.4 Å². The van der Waals surface area contributed by atoms with E-state index in [1.165, 1.54) is 4.31 Å². The average Bonchev–Trinajstić information content (AvgIpc) is 3.40. The van der Waals surface area contributed by atoms with Crippen molar-refractivity contribution in [2.45, 2.75) is 23.7 Å². The maximum absolute atomic E-state index is 13.0. The molecule has 5 rings (SSSR count). The van der Waals surface area contributed by atoms with Crippen LogP contribution in [-0.4, -0.2) is 84.9 Å². The molecule has 0 saturated carbocycles. The number of carbonyl (C=O) groups is 1. The quantitative estimate of drug-likeness (QED) is 0.537. The van der Waals surface area contributed by atoms with Crippen molar-refractivity contribution in [2.75, 3.05) is 46.3 Å². The van der Waals surface area contributed by atoms with Crippen molar-refractivity contribution in [3.8, 4) is 11.4 Å². The van der Waals surface area contributed by atoms with E-state index >= 15 is 0 Å². The molecule has 2 aliphatic heterocycles. The van der Waals surface area contributed by atoms with Crippen LogP contribution in [-0.2, 0) is 10.0 Å². The maximum atomic E-state index is 13.0. The molecular formula is C25H29N5O4S. The van der Waals surface area contributed by atoms with E-state index in [1.807, 2.05) is 42.3 Å². The van der Waals surface area contributed by atoms with E-state index in [1.54, 1.807) is 24.3 Å². The van der Waals surface area contributed by atoms with Crippen molar-refractivity contribution >= 4 is 15.9 Å². The Kier molecular flexibility index (Phi) is 6.68. The SMILES string of the molecule is CN1CCN(S(=O)(=O)c2ccc(-c3noc([C@H]4CCCN(C(=O)c5ccccc5)C4)n3)cc2)CC1. The summed E-state index contributed by atoms with van der Waals surface area (Å²) in [7, 11) is -1.54. The number of amides is 1. The first-order chi connectivity index (χ1) is 16.9. The first-order valence-electron chi connectivity index (χ1n) is 11.9. The number of aromatic nitrogens is 2. The lowest BCUT2D eigenvalue weighted by molar-refractivity contribution is 0.0695. The van der Waals surface area contributed by atoms with Gasteiger partial charge in [-0.2, -0.15) is 9.29 Å². The van der Waals surface area contributed by atoms with Crippen LogP contribution >= 0.6 is 0 Å². The van der Waals surface area contributed by atoms with Crippen LogP contribution in [0.15, 0.2) is 64.0 Å². The fourth-order valence-corrected chi connectivity index (χ4v) is 6.02. The third kappa shape index (κ3) is 5.00.